The van der Waals surface area contributed by atoms with Crippen molar-refractivity contribution in [1.29, 1.82) is 5.26 Å². The number of hydrazone groups is 1. The molecule has 3 rings (SSSR count). The quantitative estimate of drug-likeness (QED) is 0.545. The largest absolute Gasteiger partial charge is 0.431 e. The van der Waals surface area contributed by atoms with E-state index in [-0.39, 0.29) is 0 Å². The number of nitriles is 1. The maximum absolute atomic E-state index is 13.1. The highest BCUT2D eigenvalue weighted by Crippen LogP contribution is 2.43. The van der Waals surface area contributed by atoms with Crippen LogP contribution in [0.4, 0.5) is 36.8 Å². The lowest BCUT2D eigenvalue weighted by Crippen LogP contribution is -2.43. The number of benzene rings is 1. The van der Waals surface area contributed by atoms with Crippen LogP contribution in [0.15, 0.2) is 23.3 Å². The smallest absolute Gasteiger partial charge is 0.271 e. The molecule has 27 heavy (non-hydrogen) atoms. The van der Waals surface area contributed by atoms with Gasteiger partial charge in [0.2, 0.25) is 0 Å². The molecule has 2 heterocycles. The first-order chi connectivity index (χ1) is 12.3. The molecular weight excluding hydrogens is 382 g/mol. The summed E-state index contributed by atoms with van der Waals surface area (Å²) >= 11 is 0. The van der Waals surface area contributed by atoms with Crippen LogP contribution >= 0.6 is 0 Å². The number of hydrogen-bond acceptors (Lipinski definition) is 4. The molecule has 0 saturated carbocycles. The van der Waals surface area contributed by atoms with Crippen LogP contribution < -0.4 is 4.90 Å². The Morgan fingerprint density at radius 3 is 2.26 bits per heavy atom. The highest BCUT2D eigenvalue weighted by Gasteiger charge is 2.62. The fraction of sp³-hybridized carbons (Fsp3) is 0.333. The Morgan fingerprint density at radius 1 is 1.15 bits per heavy atom. The van der Waals surface area contributed by atoms with Crippen molar-refractivity contribution in [3.63, 3.8) is 0 Å². The van der Waals surface area contributed by atoms with Gasteiger partial charge in [-0.05, 0) is 25.1 Å². The van der Waals surface area contributed by atoms with Crippen molar-refractivity contribution in [1.82, 2.24) is 5.01 Å². The maximum atomic E-state index is 13.1. The highest BCUT2D eigenvalue weighted by atomic mass is 19.4. The number of carbonyl (C=O) groups excluding carboxylic acids is 2. The second-order valence-corrected chi connectivity index (χ2v) is 6.07. The Kier molecular flexibility index (Phi) is 3.77. The Labute approximate surface area is 147 Å². The summed E-state index contributed by atoms with van der Waals surface area (Å²) in [5.74, 6) is -1.15. The van der Waals surface area contributed by atoms with E-state index in [1.807, 2.05) is 0 Å². The van der Waals surface area contributed by atoms with Crippen molar-refractivity contribution >= 4 is 23.3 Å². The highest BCUT2D eigenvalue weighted by molar-refractivity contribution is 6.25. The lowest BCUT2D eigenvalue weighted by atomic mass is 9.95. The number of urea groups is 1. The zero-order valence-electron chi connectivity index (χ0n) is 13.3. The summed E-state index contributed by atoms with van der Waals surface area (Å²) < 4.78 is 77.8. The SMILES string of the molecule is C[C@@]12CC(C(F)(F)F)=NN1C(=O)N(c1ccc(C#N)c(C(F)(F)F)c1)C2=O. The first-order valence-electron chi connectivity index (χ1n) is 7.25. The zero-order chi connectivity index (χ0) is 20.4. The second kappa shape index (κ2) is 5.45. The number of fused-ring (bicyclic) bond motifs is 1. The van der Waals surface area contributed by atoms with Gasteiger partial charge in [-0.1, -0.05) is 0 Å². The second-order valence-electron chi connectivity index (χ2n) is 6.07. The van der Waals surface area contributed by atoms with Crippen molar-refractivity contribution < 1.29 is 35.9 Å². The van der Waals surface area contributed by atoms with Crippen LogP contribution in [0.1, 0.15) is 24.5 Å². The molecule has 3 amide bonds. The third-order valence-electron chi connectivity index (χ3n) is 4.25. The molecule has 142 valence electrons. The average molecular weight is 390 g/mol. The molecule has 1 fully saturated rings. The molecule has 0 N–H and O–H groups in total. The number of rotatable bonds is 1. The number of alkyl halides is 6. The van der Waals surface area contributed by atoms with Gasteiger partial charge in [0.05, 0.1) is 22.9 Å². The fourth-order valence-electron chi connectivity index (χ4n) is 2.90. The van der Waals surface area contributed by atoms with E-state index >= 15 is 0 Å². The number of anilines is 1. The molecule has 12 heteroatoms. The van der Waals surface area contributed by atoms with Crippen molar-refractivity contribution in [3.05, 3.63) is 29.3 Å². The topological polar surface area (TPSA) is 76.8 Å². The molecular formula is C15H8F6N4O2. The Morgan fingerprint density at radius 2 is 1.78 bits per heavy atom. The van der Waals surface area contributed by atoms with Gasteiger partial charge in [0.25, 0.3) is 5.91 Å². The molecule has 0 aromatic heterocycles. The molecule has 0 bridgehead atoms. The summed E-state index contributed by atoms with van der Waals surface area (Å²) in [6, 6.07) is 2.17. The molecule has 2 aliphatic heterocycles. The summed E-state index contributed by atoms with van der Waals surface area (Å²) in [4.78, 5) is 25.3. The van der Waals surface area contributed by atoms with Crippen LogP contribution in [0.3, 0.4) is 0 Å². The number of imide groups is 1. The monoisotopic (exact) mass is 390 g/mol. The Hall–Kier alpha value is -3.10. The predicted octanol–water partition coefficient (Wildman–Crippen LogP) is 3.43. The lowest BCUT2D eigenvalue weighted by molar-refractivity contribution is -0.137. The number of halogens is 6. The number of amides is 3. The summed E-state index contributed by atoms with van der Waals surface area (Å²) in [5.41, 5.74) is -5.94. The Bertz CT molecular complexity index is 930. The van der Waals surface area contributed by atoms with Crippen LogP contribution in [0, 0.1) is 11.3 Å². The first-order valence-corrected chi connectivity index (χ1v) is 7.25. The predicted molar refractivity (Wildman–Crippen MR) is 77.4 cm³/mol. The fourth-order valence-corrected chi connectivity index (χ4v) is 2.90. The van der Waals surface area contributed by atoms with Crippen LogP contribution in [-0.4, -0.2) is 34.4 Å². The summed E-state index contributed by atoms with van der Waals surface area (Å²) in [6.45, 7) is 1.05. The van der Waals surface area contributed by atoms with Gasteiger partial charge in [-0.25, -0.2) is 9.69 Å². The van der Waals surface area contributed by atoms with E-state index in [4.69, 9.17) is 5.26 Å². The third-order valence-corrected chi connectivity index (χ3v) is 4.25. The van der Waals surface area contributed by atoms with Gasteiger partial charge < -0.3 is 0 Å². The van der Waals surface area contributed by atoms with Crippen LogP contribution in [0.25, 0.3) is 0 Å². The van der Waals surface area contributed by atoms with Gasteiger partial charge in [0.1, 0.15) is 5.71 Å². The average Bonchev–Trinajstić information content (AvgIpc) is 3.00. The summed E-state index contributed by atoms with van der Waals surface area (Å²) in [6.07, 6.45) is -10.7. The minimum atomic E-state index is -4.94. The Balaban J connectivity index is 2.07. The minimum Gasteiger partial charge on any atom is -0.271 e. The van der Waals surface area contributed by atoms with Gasteiger partial charge in [0, 0.05) is 6.42 Å². The molecule has 0 radical (unpaired) electrons. The van der Waals surface area contributed by atoms with E-state index in [1.165, 1.54) is 6.07 Å². The molecule has 1 aromatic rings. The molecule has 6 nitrogen and oxygen atoms in total. The standard InChI is InChI=1S/C15H8F6N4O2/c1-13-5-10(15(19,20)21)23-25(13)12(27)24(11(13)26)8-3-2-7(6-22)9(4-8)14(16,17)18/h2-4H,5H2,1H3/t13-/m0/s1. The van der Waals surface area contributed by atoms with Crippen LogP contribution in [0.5, 0.6) is 0 Å². The van der Waals surface area contributed by atoms with E-state index < -0.39 is 58.8 Å². The molecule has 0 unspecified atom stereocenters. The van der Waals surface area contributed by atoms with Crippen LogP contribution in [0.2, 0.25) is 0 Å². The summed E-state index contributed by atoms with van der Waals surface area (Å²) in [7, 11) is 0. The van der Waals surface area contributed by atoms with Crippen molar-refractivity contribution in [2.24, 2.45) is 5.10 Å². The van der Waals surface area contributed by atoms with Gasteiger partial charge >= 0.3 is 18.4 Å². The van der Waals surface area contributed by atoms with Crippen LogP contribution in [-0.2, 0) is 11.0 Å². The zero-order valence-corrected chi connectivity index (χ0v) is 13.3. The number of nitrogens with zero attached hydrogens (tertiary/aromatic N) is 4. The summed E-state index contributed by atoms with van der Waals surface area (Å²) in [5, 5.41) is 12.3. The van der Waals surface area contributed by atoms with Gasteiger partial charge in [-0.3, -0.25) is 4.79 Å². The number of hydrogen-bond donors (Lipinski definition) is 0. The van der Waals surface area contributed by atoms with E-state index in [1.54, 1.807) is 0 Å². The molecule has 2 aliphatic rings. The normalized spacial score (nSPS) is 22.8. The van der Waals surface area contributed by atoms with Crippen molar-refractivity contribution in [2.45, 2.75) is 31.2 Å². The lowest BCUT2D eigenvalue weighted by Gasteiger charge is -2.20. The van der Waals surface area contributed by atoms with E-state index in [0.717, 1.165) is 19.1 Å². The van der Waals surface area contributed by atoms with Crippen molar-refractivity contribution in [3.8, 4) is 6.07 Å². The van der Waals surface area contributed by atoms with Gasteiger partial charge in [-0.15, -0.1) is 0 Å². The van der Waals surface area contributed by atoms with Gasteiger partial charge in [0.15, 0.2) is 5.54 Å². The molecule has 0 spiro atoms. The van der Waals surface area contributed by atoms with Crippen molar-refractivity contribution in [2.75, 3.05) is 4.90 Å². The third kappa shape index (κ3) is 2.70. The number of carbonyl (C=O) groups is 2. The van der Waals surface area contributed by atoms with E-state index in [2.05, 4.69) is 5.10 Å². The maximum Gasteiger partial charge on any atom is 0.431 e. The van der Waals surface area contributed by atoms with Gasteiger partial charge in [-0.2, -0.15) is 41.7 Å². The molecule has 1 saturated heterocycles. The van der Waals surface area contributed by atoms with E-state index in [0.29, 0.717) is 16.0 Å². The minimum absolute atomic E-state index is 0.323. The van der Waals surface area contributed by atoms with E-state index in [9.17, 15) is 35.9 Å². The molecule has 1 atom stereocenters. The first kappa shape index (κ1) is 18.7. The molecule has 1 aromatic carbocycles. The molecule has 0 aliphatic carbocycles.